The number of rotatable bonds is 8. The van der Waals surface area contributed by atoms with Gasteiger partial charge in [-0.1, -0.05) is 18.2 Å². The van der Waals surface area contributed by atoms with Gasteiger partial charge in [-0.05, 0) is 50.5 Å². The lowest BCUT2D eigenvalue weighted by atomic mass is 10.1. The fraction of sp³-hybridized carbons (Fsp3) is 0.400. The normalized spacial score (nSPS) is 11.5. The van der Waals surface area contributed by atoms with Crippen LogP contribution in [0.5, 0.6) is 5.88 Å². The molecular weight excluding hydrogens is 331 g/mol. The van der Waals surface area contributed by atoms with E-state index >= 15 is 0 Å². The maximum atomic E-state index is 13.2. The fourth-order valence-corrected chi connectivity index (χ4v) is 2.35. The van der Waals surface area contributed by atoms with Crippen molar-refractivity contribution in [1.29, 1.82) is 0 Å². The molecule has 1 heterocycles. The second-order valence-corrected chi connectivity index (χ2v) is 6.17. The van der Waals surface area contributed by atoms with Gasteiger partial charge < -0.3 is 15.4 Å². The maximum Gasteiger partial charge on any atom is 0.213 e. The third-order valence-electron chi connectivity index (χ3n) is 3.51. The molecule has 0 aliphatic rings. The molecule has 0 atom stereocenters. The molecule has 2 N–H and O–H groups in total. The monoisotopic (exact) mass is 358 g/mol. The Bertz CT molecular complexity index is 701. The summed E-state index contributed by atoms with van der Waals surface area (Å²) in [5.41, 5.74) is 1.96. The van der Waals surface area contributed by atoms with Crippen molar-refractivity contribution >= 4 is 5.96 Å². The van der Waals surface area contributed by atoms with Gasteiger partial charge in [0.1, 0.15) is 5.82 Å². The lowest BCUT2D eigenvalue weighted by Crippen LogP contribution is -2.38. The van der Waals surface area contributed by atoms with Gasteiger partial charge in [0.2, 0.25) is 5.88 Å². The summed E-state index contributed by atoms with van der Waals surface area (Å²) in [6, 6.07) is 10.5. The van der Waals surface area contributed by atoms with Crippen LogP contribution < -0.4 is 15.4 Å². The minimum Gasteiger partial charge on any atom is -0.475 e. The van der Waals surface area contributed by atoms with E-state index in [-0.39, 0.29) is 11.9 Å². The predicted octanol–water partition coefficient (Wildman–Crippen LogP) is 3.31. The van der Waals surface area contributed by atoms with Gasteiger partial charge in [-0.15, -0.1) is 0 Å². The molecule has 0 saturated heterocycles. The average Bonchev–Trinajstić information content (AvgIpc) is 2.60. The number of hydrogen-bond acceptors (Lipinski definition) is 3. The minimum absolute atomic E-state index is 0.106. The van der Waals surface area contributed by atoms with Crippen LogP contribution in [0.3, 0.4) is 0 Å². The second-order valence-electron chi connectivity index (χ2n) is 6.17. The highest BCUT2D eigenvalue weighted by molar-refractivity contribution is 5.79. The second kappa shape index (κ2) is 10.4. The van der Waals surface area contributed by atoms with Crippen molar-refractivity contribution in [2.45, 2.75) is 39.8 Å². The Morgan fingerprint density at radius 1 is 1.19 bits per heavy atom. The van der Waals surface area contributed by atoms with Crippen molar-refractivity contribution in [3.63, 3.8) is 0 Å². The topological polar surface area (TPSA) is 58.5 Å². The zero-order valence-electron chi connectivity index (χ0n) is 15.6. The number of pyridine rings is 1. The van der Waals surface area contributed by atoms with Crippen LogP contribution >= 0.6 is 0 Å². The molecule has 0 aliphatic carbocycles. The highest BCUT2D eigenvalue weighted by Gasteiger charge is 2.02. The number of guanidine groups is 1. The van der Waals surface area contributed by atoms with Crippen molar-refractivity contribution in [2.75, 3.05) is 13.1 Å². The Balaban J connectivity index is 1.87. The number of ether oxygens (including phenoxy) is 1. The molecule has 0 radical (unpaired) electrons. The van der Waals surface area contributed by atoms with Gasteiger partial charge in [0, 0.05) is 25.4 Å². The van der Waals surface area contributed by atoms with Crippen LogP contribution in [-0.2, 0) is 13.0 Å². The van der Waals surface area contributed by atoms with Gasteiger partial charge in [-0.25, -0.2) is 14.4 Å². The maximum absolute atomic E-state index is 13.2. The van der Waals surface area contributed by atoms with Crippen LogP contribution in [-0.4, -0.2) is 30.1 Å². The molecule has 0 spiro atoms. The average molecular weight is 358 g/mol. The lowest BCUT2D eigenvalue weighted by Gasteiger charge is -2.12. The smallest absolute Gasteiger partial charge is 0.213 e. The predicted molar refractivity (Wildman–Crippen MR) is 103 cm³/mol. The van der Waals surface area contributed by atoms with Gasteiger partial charge in [-0.3, -0.25) is 0 Å². The molecule has 0 unspecified atom stereocenters. The van der Waals surface area contributed by atoms with E-state index < -0.39 is 0 Å². The summed E-state index contributed by atoms with van der Waals surface area (Å²) >= 11 is 0. The number of aliphatic imine (C=N–C) groups is 1. The van der Waals surface area contributed by atoms with Gasteiger partial charge >= 0.3 is 0 Å². The lowest BCUT2D eigenvalue weighted by molar-refractivity contribution is 0.232. The molecule has 140 valence electrons. The van der Waals surface area contributed by atoms with E-state index in [0.717, 1.165) is 30.1 Å². The summed E-state index contributed by atoms with van der Waals surface area (Å²) in [5.74, 6) is 1.14. The first kappa shape index (κ1) is 19.7. The van der Waals surface area contributed by atoms with E-state index in [2.05, 4.69) is 20.6 Å². The van der Waals surface area contributed by atoms with E-state index in [1.807, 2.05) is 39.0 Å². The molecule has 26 heavy (non-hydrogen) atoms. The standard InChI is InChI=1S/C20H27FN4O/c1-4-22-20(23-11-10-16-6-5-7-18(21)12-16)25-14-17-8-9-19(24-13-17)26-15(2)3/h5-9,12-13,15H,4,10-11,14H2,1-3H3,(H2,22,23,25). The summed E-state index contributed by atoms with van der Waals surface area (Å²) in [6.07, 6.45) is 2.61. The number of nitrogens with zero attached hydrogens (tertiary/aromatic N) is 2. The minimum atomic E-state index is -0.208. The van der Waals surface area contributed by atoms with E-state index in [1.165, 1.54) is 6.07 Å². The Labute approximate surface area is 154 Å². The van der Waals surface area contributed by atoms with Gasteiger partial charge in [0.25, 0.3) is 0 Å². The molecule has 2 rings (SSSR count). The summed E-state index contributed by atoms with van der Waals surface area (Å²) in [6.45, 7) is 7.92. The molecule has 0 saturated carbocycles. The summed E-state index contributed by atoms with van der Waals surface area (Å²) in [5, 5.41) is 6.48. The van der Waals surface area contributed by atoms with Crippen LogP contribution in [0, 0.1) is 5.82 Å². The molecule has 6 heteroatoms. The fourth-order valence-electron chi connectivity index (χ4n) is 2.35. The molecule has 0 bridgehead atoms. The van der Waals surface area contributed by atoms with Crippen LogP contribution in [0.25, 0.3) is 0 Å². The number of benzene rings is 1. The van der Waals surface area contributed by atoms with Gasteiger partial charge in [0.05, 0.1) is 12.6 Å². The van der Waals surface area contributed by atoms with Crippen LogP contribution in [0.4, 0.5) is 4.39 Å². The van der Waals surface area contributed by atoms with Crippen molar-refractivity contribution < 1.29 is 9.13 Å². The number of halogens is 1. The molecular formula is C20H27FN4O. The zero-order chi connectivity index (χ0) is 18.8. The van der Waals surface area contributed by atoms with Crippen molar-refractivity contribution in [3.8, 4) is 5.88 Å². The molecule has 0 amide bonds. The number of nitrogens with one attached hydrogen (secondary N) is 2. The number of hydrogen-bond donors (Lipinski definition) is 2. The van der Waals surface area contributed by atoms with Crippen LogP contribution in [0.15, 0.2) is 47.6 Å². The van der Waals surface area contributed by atoms with Crippen LogP contribution in [0.1, 0.15) is 31.9 Å². The first-order chi connectivity index (χ1) is 12.6. The molecule has 1 aromatic carbocycles. The Morgan fingerprint density at radius 2 is 2.04 bits per heavy atom. The molecule has 5 nitrogen and oxygen atoms in total. The molecule has 0 fully saturated rings. The van der Waals surface area contributed by atoms with Gasteiger partial charge in [0.15, 0.2) is 5.96 Å². The first-order valence-corrected chi connectivity index (χ1v) is 8.95. The van der Waals surface area contributed by atoms with Crippen LogP contribution in [0.2, 0.25) is 0 Å². The third kappa shape index (κ3) is 7.09. The van der Waals surface area contributed by atoms with Crippen molar-refractivity contribution in [3.05, 3.63) is 59.5 Å². The largest absolute Gasteiger partial charge is 0.475 e. The summed E-state index contributed by atoms with van der Waals surface area (Å²) in [4.78, 5) is 8.85. The molecule has 1 aromatic heterocycles. The zero-order valence-corrected chi connectivity index (χ0v) is 15.6. The molecule has 2 aromatic rings. The Morgan fingerprint density at radius 3 is 2.69 bits per heavy atom. The highest BCUT2D eigenvalue weighted by Crippen LogP contribution is 2.10. The van der Waals surface area contributed by atoms with E-state index in [1.54, 1.807) is 18.3 Å². The molecule has 0 aliphatic heterocycles. The van der Waals surface area contributed by atoms with Crippen molar-refractivity contribution in [2.24, 2.45) is 4.99 Å². The summed E-state index contributed by atoms with van der Waals surface area (Å²) in [7, 11) is 0. The Kier molecular flexibility index (Phi) is 7.86. The Hall–Kier alpha value is -2.63. The highest BCUT2D eigenvalue weighted by atomic mass is 19.1. The van der Waals surface area contributed by atoms with E-state index in [4.69, 9.17) is 4.74 Å². The van der Waals surface area contributed by atoms with E-state index in [9.17, 15) is 4.39 Å². The quantitative estimate of drug-likeness (QED) is 0.561. The van der Waals surface area contributed by atoms with E-state index in [0.29, 0.717) is 19.0 Å². The summed E-state index contributed by atoms with van der Waals surface area (Å²) < 4.78 is 18.7. The number of aromatic nitrogens is 1. The van der Waals surface area contributed by atoms with Crippen molar-refractivity contribution in [1.82, 2.24) is 15.6 Å². The SMILES string of the molecule is CCNC(=NCc1ccc(OC(C)C)nc1)NCCc1cccc(F)c1. The van der Waals surface area contributed by atoms with Gasteiger partial charge in [-0.2, -0.15) is 0 Å². The third-order valence-corrected chi connectivity index (χ3v) is 3.51. The first-order valence-electron chi connectivity index (χ1n) is 8.95.